The average molecular weight is 415 g/mol. The van der Waals surface area contributed by atoms with E-state index < -0.39 is 5.97 Å². The summed E-state index contributed by atoms with van der Waals surface area (Å²) in [5.74, 6) is 1.83. The number of thioether (sulfide) groups is 1. The molecule has 0 aliphatic heterocycles. The smallest absolute Gasteiger partial charge is 0.343 e. The first kappa shape index (κ1) is 20.1. The maximum Gasteiger partial charge on any atom is 0.343 e. The fraction of sp³-hybridized carbons (Fsp3) is 0.136. The first-order chi connectivity index (χ1) is 13.6. The summed E-state index contributed by atoms with van der Waals surface area (Å²) in [6.07, 6.45) is 0. The molecule has 3 aromatic carbocycles. The Bertz CT molecular complexity index is 918. The Kier molecular flexibility index (Phi) is 6.85. The summed E-state index contributed by atoms with van der Waals surface area (Å²) >= 11 is 7.61. The van der Waals surface area contributed by atoms with Crippen LogP contribution in [0, 0.1) is 0 Å². The minimum absolute atomic E-state index is 0.364. The minimum atomic E-state index is -0.438. The predicted molar refractivity (Wildman–Crippen MR) is 112 cm³/mol. The molecule has 0 aromatic heterocycles. The molecule has 144 valence electrons. The summed E-state index contributed by atoms with van der Waals surface area (Å²) < 4.78 is 15.8. The second-order valence-electron chi connectivity index (χ2n) is 5.88. The number of ether oxygens (including phenoxy) is 3. The van der Waals surface area contributed by atoms with E-state index in [1.165, 1.54) is 0 Å². The molecule has 0 atom stereocenters. The van der Waals surface area contributed by atoms with Crippen LogP contribution in [-0.2, 0) is 5.75 Å². The van der Waals surface area contributed by atoms with Crippen molar-refractivity contribution in [1.29, 1.82) is 0 Å². The van der Waals surface area contributed by atoms with Crippen molar-refractivity contribution < 1.29 is 19.0 Å². The number of carbonyl (C=O) groups is 1. The quantitative estimate of drug-likeness (QED) is 0.275. The van der Waals surface area contributed by atoms with Crippen LogP contribution in [0.3, 0.4) is 0 Å². The van der Waals surface area contributed by atoms with Crippen molar-refractivity contribution in [2.45, 2.75) is 10.6 Å². The molecule has 0 aliphatic carbocycles. The summed E-state index contributed by atoms with van der Waals surface area (Å²) in [5, 5.41) is 0.723. The van der Waals surface area contributed by atoms with Gasteiger partial charge < -0.3 is 14.2 Å². The number of benzene rings is 3. The summed E-state index contributed by atoms with van der Waals surface area (Å²) in [6, 6.07) is 20.1. The molecule has 0 amide bonds. The van der Waals surface area contributed by atoms with Crippen molar-refractivity contribution >= 4 is 29.3 Å². The van der Waals surface area contributed by atoms with E-state index in [1.54, 1.807) is 56.3 Å². The molecule has 0 saturated heterocycles. The number of methoxy groups -OCH3 is 2. The highest BCUT2D eigenvalue weighted by Crippen LogP contribution is 2.28. The van der Waals surface area contributed by atoms with Crippen molar-refractivity contribution in [2.75, 3.05) is 14.2 Å². The molecule has 0 fully saturated rings. The van der Waals surface area contributed by atoms with Gasteiger partial charge in [-0.2, -0.15) is 0 Å². The van der Waals surface area contributed by atoms with Crippen molar-refractivity contribution in [3.8, 4) is 17.2 Å². The Hall–Kier alpha value is -2.63. The van der Waals surface area contributed by atoms with Crippen LogP contribution in [0.4, 0.5) is 0 Å². The van der Waals surface area contributed by atoms with E-state index in [0.717, 1.165) is 21.2 Å². The first-order valence-electron chi connectivity index (χ1n) is 8.50. The van der Waals surface area contributed by atoms with E-state index in [4.69, 9.17) is 25.8 Å². The highest BCUT2D eigenvalue weighted by molar-refractivity contribution is 7.98. The lowest BCUT2D eigenvalue weighted by Crippen LogP contribution is -2.08. The zero-order valence-electron chi connectivity index (χ0n) is 15.5. The van der Waals surface area contributed by atoms with Gasteiger partial charge in [-0.15, -0.1) is 11.8 Å². The molecule has 3 rings (SSSR count). The van der Waals surface area contributed by atoms with Crippen molar-refractivity contribution in [1.82, 2.24) is 0 Å². The van der Waals surface area contributed by atoms with Crippen LogP contribution >= 0.6 is 23.4 Å². The Morgan fingerprint density at radius 2 is 1.43 bits per heavy atom. The van der Waals surface area contributed by atoms with Crippen LogP contribution in [0.5, 0.6) is 17.2 Å². The van der Waals surface area contributed by atoms with E-state index in [1.807, 2.05) is 36.4 Å². The molecule has 0 saturated carbocycles. The topological polar surface area (TPSA) is 44.8 Å². The molecule has 0 radical (unpaired) electrons. The molecule has 6 heteroatoms. The Labute approximate surface area is 173 Å². The molecule has 0 aliphatic rings. The number of rotatable bonds is 7. The van der Waals surface area contributed by atoms with E-state index in [-0.39, 0.29) is 0 Å². The molecule has 0 unspecified atom stereocenters. The van der Waals surface area contributed by atoms with Gasteiger partial charge in [-0.05, 0) is 42.0 Å². The third-order valence-corrected chi connectivity index (χ3v) is 5.28. The van der Waals surface area contributed by atoms with Crippen molar-refractivity contribution in [3.05, 3.63) is 82.9 Å². The molecule has 0 bridgehead atoms. The molecule has 28 heavy (non-hydrogen) atoms. The van der Waals surface area contributed by atoms with E-state index in [0.29, 0.717) is 22.8 Å². The van der Waals surface area contributed by atoms with E-state index >= 15 is 0 Å². The molecular formula is C22H19ClO4S. The maximum absolute atomic E-state index is 12.4. The maximum atomic E-state index is 12.4. The van der Waals surface area contributed by atoms with Crippen LogP contribution in [0.2, 0.25) is 5.02 Å². The fourth-order valence-corrected chi connectivity index (χ4v) is 3.42. The van der Waals surface area contributed by atoms with Crippen LogP contribution in [0.25, 0.3) is 0 Å². The van der Waals surface area contributed by atoms with Crippen LogP contribution in [0.1, 0.15) is 15.9 Å². The van der Waals surface area contributed by atoms with E-state index in [9.17, 15) is 4.79 Å². The Morgan fingerprint density at radius 1 is 0.857 bits per heavy atom. The van der Waals surface area contributed by atoms with Gasteiger partial charge in [0.2, 0.25) is 0 Å². The predicted octanol–water partition coefficient (Wildman–Crippen LogP) is 5.87. The van der Waals surface area contributed by atoms with Crippen molar-refractivity contribution in [3.63, 3.8) is 0 Å². The van der Waals surface area contributed by atoms with Gasteiger partial charge in [0, 0.05) is 33.9 Å². The van der Waals surface area contributed by atoms with Crippen LogP contribution in [-0.4, -0.2) is 20.2 Å². The van der Waals surface area contributed by atoms with Gasteiger partial charge in [0.1, 0.15) is 17.2 Å². The fourth-order valence-electron chi connectivity index (χ4n) is 2.44. The lowest BCUT2D eigenvalue weighted by molar-refractivity contribution is 0.0734. The third kappa shape index (κ3) is 5.44. The van der Waals surface area contributed by atoms with Gasteiger partial charge in [0.15, 0.2) is 0 Å². The number of hydrogen-bond donors (Lipinski definition) is 0. The first-order valence-corrected chi connectivity index (χ1v) is 9.86. The summed E-state index contributed by atoms with van der Waals surface area (Å²) in [6.45, 7) is 0. The number of halogens is 1. The average Bonchev–Trinajstić information content (AvgIpc) is 2.73. The number of esters is 1. The lowest BCUT2D eigenvalue weighted by Gasteiger charge is -2.09. The van der Waals surface area contributed by atoms with Gasteiger partial charge in [-0.1, -0.05) is 23.7 Å². The van der Waals surface area contributed by atoms with E-state index in [2.05, 4.69) is 0 Å². The number of carbonyl (C=O) groups excluding carboxylic acids is 1. The second kappa shape index (κ2) is 9.53. The lowest BCUT2D eigenvalue weighted by atomic mass is 10.1. The second-order valence-corrected chi connectivity index (χ2v) is 7.36. The zero-order chi connectivity index (χ0) is 19.9. The zero-order valence-corrected chi connectivity index (χ0v) is 17.0. The largest absolute Gasteiger partial charge is 0.496 e. The molecule has 0 N–H and O–H groups in total. The normalized spacial score (nSPS) is 10.4. The molecule has 0 spiro atoms. The highest BCUT2D eigenvalue weighted by atomic mass is 35.5. The summed E-state index contributed by atoms with van der Waals surface area (Å²) in [4.78, 5) is 13.6. The minimum Gasteiger partial charge on any atom is -0.496 e. The molecular weight excluding hydrogens is 396 g/mol. The molecule has 4 nitrogen and oxygen atoms in total. The molecule has 0 heterocycles. The summed E-state index contributed by atoms with van der Waals surface area (Å²) in [7, 11) is 3.09. The van der Waals surface area contributed by atoms with Crippen LogP contribution in [0.15, 0.2) is 71.6 Å². The monoisotopic (exact) mass is 414 g/mol. The number of hydrogen-bond acceptors (Lipinski definition) is 5. The SMILES string of the molecule is COc1cc(OC)cc(OC(=O)c2ccc(CSc3ccc(Cl)cc3)cc2)c1. The Morgan fingerprint density at radius 3 is 2.00 bits per heavy atom. The van der Waals surface area contributed by atoms with Gasteiger partial charge in [-0.3, -0.25) is 0 Å². The van der Waals surface area contributed by atoms with Gasteiger partial charge in [-0.25, -0.2) is 4.79 Å². The third-order valence-electron chi connectivity index (χ3n) is 3.94. The van der Waals surface area contributed by atoms with Crippen molar-refractivity contribution in [2.24, 2.45) is 0 Å². The van der Waals surface area contributed by atoms with Gasteiger partial charge in [0.25, 0.3) is 0 Å². The standard InChI is InChI=1S/C22H19ClO4S/c1-25-18-11-19(26-2)13-20(12-18)27-22(24)16-5-3-15(4-6-16)14-28-21-9-7-17(23)8-10-21/h3-13H,14H2,1-2H3. The highest BCUT2D eigenvalue weighted by Gasteiger charge is 2.11. The Balaban J connectivity index is 1.62. The van der Waals surface area contributed by atoms with Gasteiger partial charge in [0.05, 0.1) is 19.8 Å². The summed E-state index contributed by atoms with van der Waals surface area (Å²) in [5.41, 5.74) is 1.58. The van der Waals surface area contributed by atoms with Gasteiger partial charge >= 0.3 is 5.97 Å². The van der Waals surface area contributed by atoms with Crippen LogP contribution < -0.4 is 14.2 Å². The molecule has 3 aromatic rings.